The summed E-state index contributed by atoms with van der Waals surface area (Å²) in [6.45, 7) is 4.06. The van der Waals surface area contributed by atoms with Crippen LogP contribution in [0.1, 0.15) is 11.6 Å². The van der Waals surface area contributed by atoms with Gasteiger partial charge in [0.25, 0.3) is 0 Å². The van der Waals surface area contributed by atoms with Gasteiger partial charge in [-0.25, -0.2) is 4.79 Å². The zero-order chi connectivity index (χ0) is 23.8. The Kier molecular flexibility index (Phi) is 7.88. The SMILES string of the molecule is COc1ccccc1NC(=O)NCC(c1ccccc1OC)N1CCN(c2ccccc2)CC1. The van der Waals surface area contributed by atoms with E-state index in [4.69, 9.17) is 9.47 Å². The number of anilines is 2. The molecule has 1 aliphatic heterocycles. The van der Waals surface area contributed by atoms with E-state index in [0.717, 1.165) is 37.5 Å². The molecule has 7 nitrogen and oxygen atoms in total. The molecular weight excluding hydrogens is 428 g/mol. The van der Waals surface area contributed by atoms with Crippen molar-refractivity contribution in [3.63, 3.8) is 0 Å². The highest BCUT2D eigenvalue weighted by Crippen LogP contribution is 2.30. The van der Waals surface area contributed by atoms with E-state index in [1.54, 1.807) is 14.2 Å². The molecule has 34 heavy (non-hydrogen) atoms. The topological polar surface area (TPSA) is 66.1 Å². The fourth-order valence-electron chi connectivity index (χ4n) is 4.41. The van der Waals surface area contributed by atoms with Crippen LogP contribution in [0.25, 0.3) is 0 Å². The number of urea groups is 1. The lowest BCUT2D eigenvalue weighted by atomic mass is 10.0. The van der Waals surface area contributed by atoms with Crippen LogP contribution in [-0.4, -0.2) is 57.9 Å². The molecule has 1 saturated heterocycles. The molecule has 1 unspecified atom stereocenters. The quantitative estimate of drug-likeness (QED) is 0.522. The third-order valence-corrected chi connectivity index (χ3v) is 6.19. The lowest BCUT2D eigenvalue weighted by Gasteiger charge is -2.40. The number of hydrogen-bond acceptors (Lipinski definition) is 5. The molecule has 0 saturated carbocycles. The van der Waals surface area contributed by atoms with E-state index in [0.29, 0.717) is 18.0 Å². The largest absolute Gasteiger partial charge is 0.496 e. The van der Waals surface area contributed by atoms with E-state index in [-0.39, 0.29) is 12.1 Å². The Balaban J connectivity index is 1.46. The molecular formula is C27H32N4O3. The molecule has 1 heterocycles. The van der Waals surface area contributed by atoms with Crippen LogP contribution in [0.3, 0.4) is 0 Å². The fraction of sp³-hybridized carbons (Fsp3) is 0.296. The maximum Gasteiger partial charge on any atom is 0.319 e. The van der Waals surface area contributed by atoms with E-state index in [1.807, 2.05) is 48.5 Å². The smallest absolute Gasteiger partial charge is 0.319 e. The van der Waals surface area contributed by atoms with Crippen LogP contribution in [0, 0.1) is 0 Å². The Labute approximate surface area is 201 Å². The second-order valence-corrected chi connectivity index (χ2v) is 8.15. The molecule has 2 N–H and O–H groups in total. The normalized spacial score (nSPS) is 14.8. The summed E-state index contributed by atoms with van der Waals surface area (Å²) in [6, 6.07) is 25.6. The van der Waals surface area contributed by atoms with Crippen molar-refractivity contribution in [1.29, 1.82) is 0 Å². The van der Waals surface area contributed by atoms with Crippen LogP contribution in [0.5, 0.6) is 11.5 Å². The summed E-state index contributed by atoms with van der Waals surface area (Å²) >= 11 is 0. The average molecular weight is 461 g/mol. The van der Waals surface area contributed by atoms with Crippen molar-refractivity contribution in [3.05, 3.63) is 84.4 Å². The number of nitrogens with one attached hydrogen (secondary N) is 2. The van der Waals surface area contributed by atoms with Crippen molar-refractivity contribution in [1.82, 2.24) is 10.2 Å². The molecule has 1 atom stereocenters. The van der Waals surface area contributed by atoms with Gasteiger partial charge in [-0.3, -0.25) is 4.90 Å². The van der Waals surface area contributed by atoms with E-state index in [1.165, 1.54) is 5.69 Å². The third-order valence-electron chi connectivity index (χ3n) is 6.19. The molecule has 3 aromatic carbocycles. The highest BCUT2D eigenvalue weighted by atomic mass is 16.5. The number of amides is 2. The van der Waals surface area contributed by atoms with Crippen LogP contribution in [0.2, 0.25) is 0 Å². The van der Waals surface area contributed by atoms with Gasteiger partial charge in [0.2, 0.25) is 0 Å². The summed E-state index contributed by atoms with van der Waals surface area (Å²) in [4.78, 5) is 17.6. The lowest BCUT2D eigenvalue weighted by Crippen LogP contribution is -2.50. The number of nitrogens with zero attached hydrogens (tertiary/aromatic N) is 2. The van der Waals surface area contributed by atoms with Crippen molar-refractivity contribution < 1.29 is 14.3 Å². The summed E-state index contributed by atoms with van der Waals surface area (Å²) in [5.41, 5.74) is 2.94. The van der Waals surface area contributed by atoms with E-state index in [2.05, 4.69) is 50.8 Å². The Hall–Kier alpha value is -3.71. The minimum Gasteiger partial charge on any atom is -0.496 e. The van der Waals surface area contributed by atoms with Crippen molar-refractivity contribution in [2.45, 2.75) is 6.04 Å². The van der Waals surface area contributed by atoms with Crippen LogP contribution < -0.4 is 25.0 Å². The molecule has 4 rings (SSSR count). The highest BCUT2D eigenvalue weighted by Gasteiger charge is 2.27. The molecule has 0 aliphatic carbocycles. The standard InChI is InChI=1S/C27H32N4O3/c1-33-25-14-8-6-12-22(25)24(20-28-27(32)29-23-13-7-9-15-26(23)34-2)31-18-16-30(17-19-31)21-10-4-3-5-11-21/h3-15,24H,16-20H2,1-2H3,(H2,28,29,32). The summed E-state index contributed by atoms with van der Waals surface area (Å²) in [5.74, 6) is 1.45. The molecule has 178 valence electrons. The van der Waals surface area contributed by atoms with Gasteiger partial charge >= 0.3 is 6.03 Å². The lowest BCUT2D eigenvalue weighted by molar-refractivity contribution is 0.179. The zero-order valence-electron chi connectivity index (χ0n) is 19.7. The van der Waals surface area contributed by atoms with Gasteiger partial charge in [0.15, 0.2) is 0 Å². The predicted octanol–water partition coefficient (Wildman–Crippen LogP) is 4.39. The molecule has 7 heteroatoms. The number of carbonyl (C=O) groups excluding carboxylic acids is 1. The van der Waals surface area contributed by atoms with Gasteiger partial charge in [-0.15, -0.1) is 0 Å². The zero-order valence-corrected chi connectivity index (χ0v) is 19.7. The molecule has 0 aromatic heterocycles. The first-order valence-electron chi connectivity index (χ1n) is 11.5. The molecule has 1 fully saturated rings. The molecule has 0 radical (unpaired) electrons. The van der Waals surface area contributed by atoms with Gasteiger partial charge in [-0.05, 0) is 30.3 Å². The number of benzene rings is 3. The van der Waals surface area contributed by atoms with Crippen LogP contribution >= 0.6 is 0 Å². The van der Waals surface area contributed by atoms with Gasteiger partial charge in [-0.2, -0.15) is 0 Å². The number of methoxy groups -OCH3 is 2. The van der Waals surface area contributed by atoms with Crippen LogP contribution in [0.15, 0.2) is 78.9 Å². The number of hydrogen-bond donors (Lipinski definition) is 2. The number of ether oxygens (including phenoxy) is 2. The minimum absolute atomic E-state index is 0.0162. The summed E-state index contributed by atoms with van der Waals surface area (Å²) in [5, 5.41) is 5.95. The molecule has 0 bridgehead atoms. The minimum atomic E-state index is -0.271. The number of para-hydroxylation sites is 4. The fourth-order valence-corrected chi connectivity index (χ4v) is 4.41. The van der Waals surface area contributed by atoms with Crippen molar-refractivity contribution in [2.75, 3.05) is 57.2 Å². The third kappa shape index (κ3) is 5.61. The first-order valence-corrected chi connectivity index (χ1v) is 11.5. The highest BCUT2D eigenvalue weighted by molar-refractivity contribution is 5.90. The molecule has 2 amide bonds. The molecule has 0 spiro atoms. The van der Waals surface area contributed by atoms with E-state index in [9.17, 15) is 4.79 Å². The Morgan fingerprint density at radius 3 is 2.15 bits per heavy atom. The first kappa shape index (κ1) is 23.4. The Bertz CT molecular complexity index is 1070. The van der Waals surface area contributed by atoms with Gasteiger partial charge in [0.05, 0.1) is 25.9 Å². The van der Waals surface area contributed by atoms with Crippen molar-refractivity contribution >= 4 is 17.4 Å². The summed E-state index contributed by atoms with van der Waals surface area (Å²) in [7, 11) is 3.27. The van der Waals surface area contributed by atoms with Crippen molar-refractivity contribution in [2.24, 2.45) is 0 Å². The van der Waals surface area contributed by atoms with Gasteiger partial charge < -0.3 is 25.0 Å². The van der Waals surface area contributed by atoms with Crippen LogP contribution in [-0.2, 0) is 0 Å². The number of piperazine rings is 1. The molecule has 1 aliphatic rings. The molecule has 3 aromatic rings. The summed E-state index contributed by atoms with van der Waals surface area (Å²) in [6.07, 6.45) is 0. The van der Waals surface area contributed by atoms with Crippen molar-refractivity contribution in [3.8, 4) is 11.5 Å². The maximum atomic E-state index is 12.8. The average Bonchev–Trinajstić information content (AvgIpc) is 2.90. The predicted molar refractivity (Wildman–Crippen MR) is 136 cm³/mol. The van der Waals surface area contributed by atoms with E-state index >= 15 is 0 Å². The Morgan fingerprint density at radius 2 is 1.44 bits per heavy atom. The van der Waals surface area contributed by atoms with Gasteiger partial charge in [0, 0.05) is 44.0 Å². The second kappa shape index (κ2) is 11.4. The van der Waals surface area contributed by atoms with Gasteiger partial charge in [0.1, 0.15) is 11.5 Å². The maximum absolute atomic E-state index is 12.8. The monoisotopic (exact) mass is 460 g/mol. The summed E-state index contributed by atoms with van der Waals surface area (Å²) < 4.78 is 11.0. The number of carbonyl (C=O) groups is 1. The van der Waals surface area contributed by atoms with Gasteiger partial charge in [-0.1, -0.05) is 48.5 Å². The first-order chi connectivity index (χ1) is 16.7. The number of rotatable bonds is 8. The van der Waals surface area contributed by atoms with Crippen LogP contribution in [0.4, 0.5) is 16.2 Å². The van der Waals surface area contributed by atoms with E-state index < -0.39 is 0 Å². The Morgan fingerprint density at radius 1 is 0.824 bits per heavy atom. The second-order valence-electron chi connectivity index (χ2n) is 8.15.